The van der Waals surface area contributed by atoms with E-state index in [-0.39, 0.29) is 5.91 Å². The molecule has 0 atom stereocenters. The first-order valence-corrected chi connectivity index (χ1v) is 7.22. The summed E-state index contributed by atoms with van der Waals surface area (Å²) in [5.74, 6) is 0.783. The number of amides is 1. The van der Waals surface area contributed by atoms with Gasteiger partial charge < -0.3 is 10.6 Å². The summed E-state index contributed by atoms with van der Waals surface area (Å²) >= 11 is 0. The number of anilines is 1. The van der Waals surface area contributed by atoms with Crippen LogP contribution in [0.1, 0.15) is 24.1 Å². The monoisotopic (exact) mass is 286 g/mol. The fraction of sp³-hybridized carbons (Fsp3) is 0.375. The van der Waals surface area contributed by atoms with Gasteiger partial charge in [0.1, 0.15) is 5.82 Å². The maximum atomic E-state index is 11.9. The average Bonchev–Trinajstić information content (AvgIpc) is 2.80. The zero-order valence-corrected chi connectivity index (χ0v) is 12.6. The molecule has 0 radical (unpaired) electrons. The Morgan fingerprint density at radius 1 is 1.29 bits per heavy atom. The van der Waals surface area contributed by atoms with E-state index in [9.17, 15) is 4.79 Å². The summed E-state index contributed by atoms with van der Waals surface area (Å²) in [6, 6.07) is 12.0. The van der Waals surface area contributed by atoms with Gasteiger partial charge in [-0.1, -0.05) is 30.3 Å². The van der Waals surface area contributed by atoms with Crippen molar-refractivity contribution in [2.75, 3.05) is 18.9 Å². The number of nitrogens with zero attached hydrogens (tertiary/aromatic N) is 2. The van der Waals surface area contributed by atoms with Crippen LogP contribution >= 0.6 is 0 Å². The normalized spacial score (nSPS) is 10.6. The fourth-order valence-corrected chi connectivity index (χ4v) is 2.15. The van der Waals surface area contributed by atoms with Crippen LogP contribution in [0, 0.1) is 6.92 Å². The third kappa shape index (κ3) is 4.72. The van der Waals surface area contributed by atoms with Crippen LogP contribution in [0.25, 0.3) is 0 Å². The van der Waals surface area contributed by atoms with Gasteiger partial charge in [0.05, 0.1) is 12.2 Å². The number of carbonyl (C=O) groups is 1. The number of benzene rings is 1. The fourth-order valence-electron chi connectivity index (χ4n) is 2.15. The molecule has 0 spiro atoms. The van der Waals surface area contributed by atoms with Crippen LogP contribution in [0.3, 0.4) is 0 Å². The molecular formula is C16H22N4O. The van der Waals surface area contributed by atoms with E-state index in [0.29, 0.717) is 13.0 Å². The summed E-state index contributed by atoms with van der Waals surface area (Å²) < 4.78 is 1.83. The van der Waals surface area contributed by atoms with Crippen LogP contribution in [0.15, 0.2) is 36.4 Å². The Hall–Kier alpha value is -2.14. The Morgan fingerprint density at radius 3 is 2.76 bits per heavy atom. The summed E-state index contributed by atoms with van der Waals surface area (Å²) in [6.07, 6.45) is 1.34. The molecule has 1 aromatic carbocycles. The summed E-state index contributed by atoms with van der Waals surface area (Å²) in [4.78, 5) is 11.9. The van der Waals surface area contributed by atoms with E-state index in [2.05, 4.69) is 27.9 Å². The molecule has 2 rings (SSSR count). The second kappa shape index (κ2) is 7.59. The van der Waals surface area contributed by atoms with Gasteiger partial charge in [-0.2, -0.15) is 5.10 Å². The number of rotatable bonds is 7. The second-order valence-electron chi connectivity index (χ2n) is 5.07. The van der Waals surface area contributed by atoms with Gasteiger partial charge in [-0.15, -0.1) is 0 Å². The van der Waals surface area contributed by atoms with Crippen molar-refractivity contribution in [3.8, 4) is 0 Å². The molecule has 0 saturated heterocycles. The Labute approximate surface area is 125 Å². The molecule has 0 unspecified atom stereocenters. The van der Waals surface area contributed by atoms with Gasteiger partial charge >= 0.3 is 0 Å². The molecule has 0 aliphatic heterocycles. The van der Waals surface area contributed by atoms with Crippen molar-refractivity contribution in [2.24, 2.45) is 0 Å². The van der Waals surface area contributed by atoms with E-state index in [1.54, 1.807) is 0 Å². The lowest BCUT2D eigenvalue weighted by Gasteiger charge is -2.09. The lowest BCUT2D eigenvalue weighted by atomic mass is 10.2. The molecule has 0 bridgehead atoms. The SMILES string of the molecule is CNCCCC(=O)Nc1cc(C)nn1Cc1ccccc1. The predicted molar refractivity (Wildman–Crippen MR) is 84.3 cm³/mol. The lowest BCUT2D eigenvalue weighted by molar-refractivity contribution is -0.116. The van der Waals surface area contributed by atoms with Crippen molar-refractivity contribution in [1.29, 1.82) is 0 Å². The molecule has 0 saturated carbocycles. The molecule has 0 aliphatic carbocycles. The molecule has 1 aromatic heterocycles. The van der Waals surface area contributed by atoms with E-state index in [1.165, 1.54) is 0 Å². The first kappa shape index (κ1) is 15.3. The third-order valence-corrected chi connectivity index (χ3v) is 3.18. The summed E-state index contributed by atoms with van der Waals surface area (Å²) in [6.45, 7) is 3.43. The van der Waals surface area contributed by atoms with Gasteiger partial charge in [-0.3, -0.25) is 4.79 Å². The molecule has 21 heavy (non-hydrogen) atoms. The zero-order chi connectivity index (χ0) is 15.1. The highest BCUT2D eigenvalue weighted by atomic mass is 16.1. The van der Waals surface area contributed by atoms with Crippen molar-refractivity contribution in [2.45, 2.75) is 26.3 Å². The van der Waals surface area contributed by atoms with E-state index in [0.717, 1.165) is 30.0 Å². The minimum Gasteiger partial charge on any atom is -0.320 e. The smallest absolute Gasteiger partial charge is 0.225 e. The number of carbonyl (C=O) groups excluding carboxylic acids is 1. The topological polar surface area (TPSA) is 59.0 Å². The second-order valence-corrected chi connectivity index (χ2v) is 5.07. The molecule has 0 aliphatic rings. The number of aryl methyl sites for hydroxylation is 1. The highest BCUT2D eigenvalue weighted by Crippen LogP contribution is 2.13. The number of nitrogens with one attached hydrogen (secondary N) is 2. The molecule has 2 aromatic rings. The molecule has 0 fully saturated rings. The molecule has 2 N–H and O–H groups in total. The maximum absolute atomic E-state index is 11.9. The van der Waals surface area contributed by atoms with Crippen LogP contribution in [0.5, 0.6) is 0 Å². The first-order valence-electron chi connectivity index (χ1n) is 7.22. The van der Waals surface area contributed by atoms with Crippen LogP contribution in [0.4, 0.5) is 5.82 Å². The lowest BCUT2D eigenvalue weighted by Crippen LogP contribution is -2.17. The average molecular weight is 286 g/mol. The standard InChI is InChI=1S/C16H22N4O/c1-13-11-15(18-16(21)9-6-10-17-2)20(19-13)12-14-7-4-3-5-8-14/h3-5,7-8,11,17H,6,9-10,12H2,1-2H3,(H,18,21). The number of aromatic nitrogens is 2. The Bertz CT molecular complexity index is 577. The van der Waals surface area contributed by atoms with E-state index in [1.807, 2.05) is 42.9 Å². The van der Waals surface area contributed by atoms with Crippen molar-refractivity contribution in [1.82, 2.24) is 15.1 Å². The quantitative estimate of drug-likeness (QED) is 0.767. The summed E-state index contributed by atoms with van der Waals surface area (Å²) in [5.41, 5.74) is 2.06. The summed E-state index contributed by atoms with van der Waals surface area (Å²) in [7, 11) is 1.89. The molecule has 5 heteroatoms. The maximum Gasteiger partial charge on any atom is 0.225 e. The van der Waals surface area contributed by atoms with Crippen LogP contribution in [-0.4, -0.2) is 29.3 Å². The van der Waals surface area contributed by atoms with Crippen LogP contribution in [0.2, 0.25) is 0 Å². The summed E-state index contributed by atoms with van der Waals surface area (Å²) in [5, 5.41) is 10.4. The van der Waals surface area contributed by atoms with Crippen molar-refractivity contribution >= 4 is 11.7 Å². The van der Waals surface area contributed by atoms with Crippen molar-refractivity contribution < 1.29 is 4.79 Å². The zero-order valence-electron chi connectivity index (χ0n) is 12.6. The van der Waals surface area contributed by atoms with Crippen molar-refractivity contribution in [3.05, 3.63) is 47.7 Å². The first-order chi connectivity index (χ1) is 10.2. The van der Waals surface area contributed by atoms with Gasteiger partial charge in [-0.05, 0) is 32.5 Å². The van der Waals surface area contributed by atoms with Gasteiger partial charge in [0, 0.05) is 12.5 Å². The highest BCUT2D eigenvalue weighted by molar-refractivity contribution is 5.89. The largest absolute Gasteiger partial charge is 0.320 e. The van der Waals surface area contributed by atoms with Gasteiger partial charge in [0.2, 0.25) is 5.91 Å². The Morgan fingerprint density at radius 2 is 2.05 bits per heavy atom. The van der Waals surface area contributed by atoms with E-state index >= 15 is 0 Å². The predicted octanol–water partition coefficient (Wildman–Crippen LogP) is 2.18. The Balaban J connectivity index is 2.01. The van der Waals surface area contributed by atoms with E-state index in [4.69, 9.17) is 0 Å². The number of hydrogen-bond donors (Lipinski definition) is 2. The highest BCUT2D eigenvalue weighted by Gasteiger charge is 2.09. The van der Waals surface area contributed by atoms with Gasteiger partial charge in [0.15, 0.2) is 0 Å². The van der Waals surface area contributed by atoms with E-state index < -0.39 is 0 Å². The molecule has 1 heterocycles. The Kier molecular flexibility index (Phi) is 5.51. The minimum absolute atomic E-state index is 0.0273. The minimum atomic E-state index is 0.0273. The molecule has 112 valence electrons. The molecule has 1 amide bonds. The van der Waals surface area contributed by atoms with Crippen LogP contribution in [-0.2, 0) is 11.3 Å². The van der Waals surface area contributed by atoms with Crippen LogP contribution < -0.4 is 10.6 Å². The molecular weight excluding hydrogens is 264 g/mol. The van der Waals surface area contributed by atoms with Gasteiger partial charge in [0.25, 0.3) is 0 Å². The van der Waals surface area contributed by atoms with Gasteiger partial charge in [-0.25, -0.2) is 4.68 Å². The molecule has 5 nitrogen and oxygen atoms in total. The number of hydrogen-bond acceptors (Lipinski definition) is 3. The van der Waals surface area contributed by atoms with Crippen molar-refractivity contribution in [3.63, 3.8) is 0 Å². The third-order valence-electron chi connectivity index (χ3n) is 3.18.